The average molecular weight is 337 g/mol. The molecule has 25 heavy (non-hydrogen) atoms. The van der Waals surface area contributed by atoms with Crippen LogP contribution >= 0.6 is 0 Å². The van der Waals surface area contributed by atoms with E-state index in [9.17, 15) is 0 Å². The van der Waals surface area contributed by atoms with Gasteiger partial charge in [0.25, 0.3) is 0 Å². The van der Waals surface area contributed by atoms with Crippen molar-refractivity contribution in [2.75, 3.05) is 18.5 Å². The molecule has 0 bridgehead atoms. The van der Waals surface area contributed by atoms with Crippen molar-refractivity contribution in [2.24, 2.45) is 0 Å². The van der Waals surface area contributed by atoms with Gasteiger partial charge in [-0.1, -0.05) is 35.5 Å². The van der Waals surface area contributed by atoms with Gasteiger partial charge in [-0.3, -0.25) is 0 Å². The highest BCUT2D eigenvalue weighted by Gasteiger charge is 2.19. The minimum absolute atomic E-state index is 0.351. The molecule has 0 spiro atoms. The van der Waals surface area contributed by atoms with Crippen LogP contribution in [0.25, 0.3) is 0 Å². The van der Waals surface area contributed by atoms with Crippen LogP contribution in [-0.2, 0) is 17.7 Å². The number of nitrogens with one attached hydrogen (secondary N) is 1. The Morgan fingerprint density at radius 2 is 2.08 bits per heavy atom. The summed E-state index contributed by atoms with van der Waals surface area (Å²) in [7, 11) is 0. The molecule has 1 N–H and O–H groups in total. The summed E-state index contributed by atoms with van der Waals surface area (Å²) in [5.74, 6) is 2.31. The molecule has 0 unspecified atom stereocenters. The molecular weight excluding hydrogens is 318 g/mol. The molecule has 1 atom stereocenters. The van der Waals surface area contributed by atoms with E-state index in [4.69, 9.17) is 9.26 Å². The van der Waals surface area contributed by atoms with Gasteiger partial charge >= 0.3 is 0 Å². The number of hydrogen-bond donors (Lipinski definition) is 1. The molecular formula is C18H19N5O2. The first kappa shape index (κ1) is 15.7. The van der Waals surface area contributed by atoms with Gasteiger partial charge in [0.1, 0.15) is 12.1 Å². The van der Waals surface area contributed by atoms with Crippen molar-refractivity contribution >= 4 is 5.82 Å². The number of benzene rings is 1. The van der Waals surface area contributed by atoms with Crippen LogP contribution in [-0.4, -0.2) is 33.3 Å². The normalized spacial score (nSPS) is 16.9. The zero-order valence-corrected chi connectivity index (χ0v) is 13.8. The smallest absolute Gasteiger partial charge is 0.245 e. The third-order valence-corrected chi connectivity index (χ3v) is 4.17. The molecule has 1 aliphatic rings. The Morgan fingerprint density at radius 3 is 2.92 bits per heavy atom. The lowest BCUT2D eigenvalue weighted by molar-refractivity contribution is 0.193. The summed E-state index contributed by atoms with van der Waals surface area (Å²) in [6.07, 6.45) is 3.23. The van der Waals surface area contributed by atoms with E-state index >= 15 is 0 Å². The lowest BCUT2D eigenvalue weighted by Gasteiger charge is -2.08. The van der Waals surface area contributed by atoms with Crippen molar-refractivity contribution < 1.29 is 9.26 Å². The summed E-state index contributed by atoms with van der Waals surface area (Å²) in [5.41, 5.74) is 2.16. The first-order chi connectivity index (χ1) is 12.4. The number of aromatic nitrogens is 4. The van der Waals surface area contributed by atoms with Gasteiger partial charge in [0.05, 0.1) is 18.8 Å². The van der Waals surface area contributed by atoms with Crippen LogP contribution < -0.4 is 5.32 Å². The van der Waals surface area contributed by atoms with E-state index in [-0.39, 0.29) is 0 Å². The van der Waals surface area contributed by atoms with Crippen LogP contribution in [0.2, 0.25) is 0 Å². The van der Waals surface area contributed by atoms with Crippen molar-refractivity contribution in [1.82, 2.24) is 20.1 Å². The molecule has 1 saturated heterocycles. The van der Waals surface area contributed by atoms with E-state index in [1.54, 1.807) is 6.33 Å². The van der Waals surface area contributed by atoms with Crippen LogP contribution in [0.1, 0.15) is 35.3 Å². The first-order valence-electron chi connectivity index (χ1n) is 8.36. The Labute approximate surface area is 145 Å². The van der Waals surface area contributed by atoms with Crippen molar-refractivity contribution in [3.8, 4) is 0 Å². The number of nitrogens with zero attached hydrogens (tertiary/aromatic N) is 4. The SMILES string of the molecule is c1ccc(Cc2noc(CNc3cc([C@H]4CCOC4)ncn3)n2)cc1. The monoisotopic (exact) mass is 337 g/mol. The van der Waals surface area contributed by atoms with Gasteiger partial charge in [0, 0.05) is 25.0 Å². The quantitative estimate of drug-likeness (QED) is 0.740. The van der Waals surface area contributed by atoms with Crippen molar-refractivity contribution in [2.45, 2.75) is 25.3 Å². The minimum atomic E-state index is 0.351. The lowest BCUT2D eigenvalue weighted by Crippen LogP contribution is -2.06. The Kier molecular flexibility index (Phi) is 4.65. The van der Waals surface area contributed by atoms with Gasteiger partial charge in [-0.15, -0.1) is 0 Å². The maximum atomic E-state index is 5.42. The zero-order chi connectivity index (χ0) is 16.9. The summed E-state index contributed by atoms with van der Waals surface area (Å²) < 4.78 is 10.7. The standard InChI is InChI=1S/C18H19N5O2/c1-2-4-13(5-3-1)8-17-22-18(25-23-17)10-19-16-9-15(20-12-21-16)14-6-7-24-11-14/h1-5,9,12,14H,6-8,10-11H2,(H,19,20,21)/t14-/m0/s1. The summed E-state index contributed by atoms with van der Waals surface area (Å²) in [5, 5.41) is 7.24. The van der Waals surface area contributed by atoms with E-state index < -0.39 is 0 Å². The van der Waals surface area contributed by atoms with Crippen LogP contribution in [0, 0.1) is 0 Å². The molecule has 7 heteroatoms. The molecule has 1 fully saturated rings. The zero-order valence-electron chi connectivity index (χ0n) is 13.8. The van der Waals surface area contributed by atoms with E-state index in [0.717, 1.165) is 36.7 Å². The molecule has 1 aliphatic heterocycles. The third-order valence-electron chi connectivity index (χ3n) is 4.17. The summed E-state index contributed by atoms with van der Waals surface area (Å²) in [6, 6.07) is 12.0. The molecule has 3 heterocycles. The third kappa shape index (κ3) is 4.00. The summed E-state index contributed by atoms with van der Waals surface area (Å²) in [6.45, 7) is 1.95. The molecule has 128 valence electrons. The number of hydrogen-bond acceptors (Lipinski definition) is 7. The van der Waals surface area contributed by atoms with E-state index in [1.807, 2.05) is 36.4 Å². The van der Waals surface area contributed by atoms with Gasteiger partial charge < -0.3 is 14.6 Å². The van der Waals surface area contributed by atoms with Gasteiger partial charge in [-0.2, -0.15) is 4.98 Å². The second kappa shape index (κ2) is 7.40. The molecule has 0 radical (unpaired) electrons. The highest BCUT2D eigenvalue weighted by molar-refractivity contribution is 5.36. The maximum Gasteiger partial charge on any atom is 0.245 e. The predicted molar refractivity (Wildman–Crippen MR) is 91.1 cm³/mol. The fourth-order valence-electron chi connectivity index (χ4n) is 2.84. The van der Waals surface area contributed by atoms with Crippen LogP contribution in [0.3, 0.4) is 0 Å². The Bertz CT molecular complexity index is 815. The van der Waals surface area contributed by atoms with Crippen LogP contribution in [0.4, 0.5) is 5.82 Å². The summed E-state index contributed by atoms with van der Waals surface area (Å²) >= 11 is 0. The topological polar surface area (TPSA) is 86.0 Å². The fourth-order valence-corrected chi connectivity index (χ4v) is 2.84. The van der Waals surface area contributed by atoms with Gasteiger partial charge in [-0.05, 0) is 12.0 Å². The second-order valence-corrected chi connectivity index (χ2v) is 6.01. The first-order valence-corrected chi connectivity index (χ1v) is 8.36. The largest absolute Gasteiger partial charge is 0.381 e. The molecule has 1 aromatic carbocycles. The van der Waals surface area contributed by atoms with Crippen molar-refractivity contribution in [3.63, 3.8) is 0 Å². The van der Waals surface area contributed by atoms with Crippen molar-refractivity contribution in [3.05, 3.63) is 65.7 Å². The van der Waals surface area contributed by atoms with Crippen molar-refractivity contribution in [1.29, 1.82) is 0 Å². The molecule has 4 rings (SSSR count). The summed E-state index contributed by atoms with van der Waals surface area (Å²) in [4.78, 5) is 13.0. The number of rotatable bonds is 6. The minimum Gasteiger partial charge on any atom is -0.381 e. The molecule has 0 amide bonds. The number of ether oxygens (including phenoxy) is 1. The average Bonchev–Trinajstić information content (AvgIpc) is 3.33. The molecule has 0 aliphatic carbocycles. The van der Waals surface area contributed by atoms with E-state index in [0.29, 0.717) is 30.6 Å². The van der Waals surface area contributed by atoms with E-state index in [2.05, 4.69) is 25.4 Å². The van der Waals surface area contributed by atoms with Gasteiger partial charge in [0.15, 0.2) is 5.82 Å². The molecule has 2 aromatic heterocycles. The predicted octanol–water partition coefficient (Wildman–Crippen LogP) is 2.57. The molecule has 7 nitrogen and oxygen atoms in total. The highest BCUT2D eigenvalue weighted by atomic mass is 16.5. The number of anilines is 1. The molecule has 0 saturated carbocycles. The Morgan fingerprint density at radius 1 is 1.16 bits per heavy atom. The maximum absolute atomic E-state index is 5.42. The second-order valence-electron chi connectivity index (χ2n) is 6.01. The molecule has 3 aromatic rings. The van der Waals surface area contributed by atoms with Crippen LogP contribution in [0.15, 0.2) is 47.2 Å². The Balaban J connectivity index is 1.36. The lowest BCUT2D eigenvalue weighted by atomic mass is 10.1. The van der Waals surface area contributed by atoms with Gasteiger partial charge in [0.2, 0.25) is 5.89 Å². The Hall–Kier alpha value is -2.80. The van der Waals surface area contributed by atoms with E-state index in [1.165, 1.54) is 0 Å². The fraction of sp³-hybridized carbons (Fsp3) is 0.333. The van der Waals surface area contributed by atoms with Gasteiger partial charge in [-0.25, -0.2) is 9.97 Å². The van der Waals surface area contributed by atoms with Crippen LogP contribution in [0.5, 0.6) is 0 Å². The highest BCUT2D eigenvalue weighted by Crippen LogP contribution is 2.24.